The van der Waals surface area contributed by atoms with Crippen LogP contribution in [0.2, 0.25) is 0 Å². The molecule has 76 valence electrons. The van der Waals surface area contributed by atoms with Gasteiger partial charge in [0.1, 0.15) is 5.82 Å². The Hall–Kier alpha value is -0.410. The van der Waals surface area contributed by atoms with E-state index in [9.17, 15) is 4.39 Å². The van der Waals surface area contributed by atoms with Crippen LogP contribution in [0.5, 0.6) is 0 Å². The topological polar surface area (TPSA) is 26.0 Å². The molecule has 1 atom stereocenters. The normalized spacial score (nSPS) is 19.1. The molecular formula is C11H13BrFN. The molecule has 1 fully saturated rings. The summed E-state index contributed by atoms with van der Waals surface area (Å²) in [7, 11) is 0. The molecule has 1 nitrogen and oxygen atoms in total. The molecule has 1 saturated carbocycles. The lowest BCUT2D eigenvalue weighted by Gasteiger charge is -2.31. The van der Waals surface area contributed by atoms with Crippen LogP contribution < -0.4 is 5.73 Å². The van der Waals surface area contributed by atoms with Gasteiger partial charge in [-0.1, -0.05) is 28.4 Å². The van der Waals surface area contributed by atoms with Gasteiger partial charge in [0.2, 0.25) is 0 Å². The van der Waals surface area contributed by atoms with Crippen LogP contribution in [0.15, 0.2) is 22.7 Å². The second-order valence-corrected chi connectivity index (χ2v) is 4.74. The van der Waals surface area contributed by atoms with Crippen molar-refractivity contribution in [1.29, 1.82) is 0 Å². The monoisotopic (exact) mass is 257 g/mol. The lowest BCUT2D eigenvalue weighted by Crippen LogP contribution is -2.27. The Morgan fingerprint density at radius 2 is 2.14 bits per heavy atom. The third-order valence-electron chi connectivity index (χ3n) is 2.98. The maximum Gasteiger partial charge on any atom is 0.124 e. The van der Waals surface area contributed by atoms with Crippen LogP contribution in [0.3, 0.4) is 0 Å². The summed E-state index contributed by atoms with van der Waals surface area (Å²) in [5, 5.41) is 0. The molecule has 3 heteroatoms. The van der Waals surface area contributed by atoms with Gasteiger partial charge >= 0.3 is 0 Å². The molecule has 0 saturated heterocycles. The van der Waals surface area contributed by atoms with Crippen LogP contribution in [0.1, 0.15) is 30.9 Å². The molecule has 0 aliphatic heterocycles. The fourth-order valence-corrected chi connectivity index (χ4v) is 2.44. The van der Waals surface area contributed by atoms with E-state index in [1.165, 1.54) is 31.4 Å². The molecule has 1 aliphatic rings. The summed E-state index contributed by atoms with van der Waals surface area (Å²) in [4.78, 5) is 0. The van der Waals surface area contributed by atoms with Crippen LogP contribution in [-0.2, 0) is 0 Å². The highest BCUT2D eigenvalue weighted by atomic mass is 79.9. The molecule has 0 radical (unpaired) electrons. The van der Waals surface area contributed by atoms with Gasteiger partial charge in [0.25, 0.3) is 0 Å². The molecule has 1 aliphatic carbocycles. The summed E-state index contributed by atoms with van der Waals surface area (Å²) in [5.41, 5.74) is 7.12. The third kappa shape index (κ3) is 1.84. The van der Waals surface area contributed by atoms with Gasteiger partial charge < -0.3 is 5.73 Å². The molecule has 0 bridgehead atoms. The average Bonchev–Trinajstić information content (AvgIpc) is 2.00. The van der Waals surface area contributed by atoms with Crippen molar-refractivity contribution >= 4 is 15.9 Å². The first-order chi connectivity index (χ1) is 6.68. The van der Waals surface area contributed by atoms with E-state index in [-0.39, 0.29) is 11.9 Å². The standard InChI is InChI=1S/C11H13BrFN/c12-10-6-8(13)4-5-9(10)11(14)7-2-1-3-7/h4-7,11H,1-3,14H2/t11-/m1/s1. The van der Waals surface area contributed by atoms with Crippen molar-refractivity contribution in [2.24, 2.45) is 11.7 Å². The van der Waals surface area contributed by atoms with E-state index in [0.29, 0.717) is 5.92 Å². The minimum absolute atomic E-state index is 0.0544. The molecule has 0 unspecified atom stereocenters. The Bertz CT molecular complexity index is 336. The largest absolute Gasteiger partial charge is 0.324 e. The third-order valence-corrected chi connectivity index (χ3v) is 3.67. The summed E-state index contributed by atoms with van der Waals surface area (Å²) in [6.45, 7) is 0. The number of hydrogen-bond acceptors (Lipinski definition) is 1. The summed E-state index contributed by atoms with van der Waals surface area (Å²) < 4.78 is 13.6. The number of hydrogen-bond donors (Lipinski definition) is 1. The van der Waals surface area contributed by atoms with Gasteiger partial charge in [-0.3, -0.25) is 0 Å². The second-order valence-electron chi connectivity index (χ2n) is 3.88. The van der Waals surface area contributed by atoms with Gasteiger partial charge in [-0.15, -0.1) is 0 Å². The molecule has 1 aromatic rings. The van der Waals surface area contributed by atoms with E-state index in [2.05, 4.69) is 15.9 Å². The molecular weight excluding hydrogens is 245 g/mol. The first-order valence-corrected chi connectivity index (χ1v) is 5.68. The van der Waals surface area contributed by atoms with Crippen molar-refractivity contribution in [3.05, 3.63) is 34.1 Å². The fourth-order valence-electron chi connectivity index (χ4n) is 1.82. The van der Waals surface area contributed by atoms with Gasteiger partial charge in [-0.05, 0) is 36.5 Å². The Balaban J connectivity index is 2.22. The molecule has 0 heterocycles. The van der Waals surface area contributed by atoms with E-state index in [1.807, 2.05) is 0 Å². The van der Waals surface area contributed by atoms with Crippen molar-refractivity contribution in [2.45, 2.75) is 25.3 Å². The zero-order valence-corrected chi connectivity index (χ0v) is 9.43. The van der Waals surface area contributed by atoms with E-state index >= 15 is 0 Å². The summed E-state index contributed by atoms with van der Waals surface area (Å²) in [6.07, 6.45) is 3.67. The number of rotatable bonds is 2. The smallest absolute Gasteiger partial charge is 0.124 e. The molecule has 0 aromatic heterocycles. The molecule has 0 spiro atoms. The second kappa shape index (κ2) is 3.99. The van der Waals surface area contributed by atoms with Gasteiger partial charge in [-0.2, -0.15) is 0 Å². The lowest BCUT2D eigenvalue weighted by atomic mass is 9.77. The maximum atomic E-state index is 12.8. The van der Waals surface area contributed by atoms with E-state index in [4.69, 9.17) is 5.73 Å². The molecule has 2 N–H and O–H groups in total. The zero-order chi connectivity index (χ0) is 10.1. The first-order valence-electron chi connectivity index (χ1n) is 4.89. The number of nitrogens with two attached hydrogens (primary N) is 1. The van der Waals surface area contributed by atoms with Gasteiger partial charge in [-0.25, -0.2) is 4.39 Å². The maximum absolute atomic E-state index is 12.8. The Morgan fingerprint density at radius 1 is 1.43 bits per heavy atom. The number of benzene rings is 1. The van der Waals surface area contributed by atoms with Crippen molar-refractivity contribution in [3.63, 3.8) is 0 Å². The SMILES string of the molecule is N[C@@H](c1ccc(F)cc1Br)C1CCC1. The average molecular weight is 258 g/mol. The van der Waals surface area contributed by atoms with E-state index in [0.717, 1.165) is 10.0 Å². The fraction of sp³-hybridized carbons (Fsp3) is 0.455. The Labute approximate surface area is 91.6 Å². The van der Waals surface area contributed by atoms with Crippen molar-refractivity contribution in [1.82, 2.24) is 0 Å². The molecule has 2 rings (SSSR count). The highest BCUT2D eigenvalue weighted by Crippen LogP contribution is 2.38. The molecule has 0 amide bonds. The van der Waals surface area contributed by atoms with E-state index < -0.39 is 0 Å². The van der Waals surface area contributed by atoms with Crippen LogP contribution >= 0.6 is 15.9 Å². The lowest BCUT2D eigenvalue weighted by molar-refractivity contribution is 0.264. The van der Waals surface area contributed by atoms with Crippen molar-refractivity contribution < 1.29 is 4.39 Å². The van der Waals surface area contributed by atoms with Crippen LogP contribution in [0, 0.1) is 11.7 Å². The highest BCUT2D eigenvalue weighted by Gasteiger charge is 2.26. The quantitative estimate of drug-likeness (QED) is 0.864. The first kappa shape index (κ1) is 10.1. The van der Waals surface area contributed by atoms with Crippen molar-refractivity contribution in [3.8, 4) is 0 Å². The molecule has 14 heavy (non-hydrogen) atoms. The predicted molar refractivity (Wildman–Crippen MR) is 58.4 cm³/mol. The van der Waals surface area contributed by atoms with Crippen LogP contribution in [0.25, 0.3) is 0 Å². The minimum Gasteiger partial charge on any atom is -0.324 e. The van der Waals surface area contributed by atoms with Gasteiger partial charge in [0, 0.05) is 10.5 Å². The summed E-state index contributed by atoms with van der Waals surface area (Å²) >= 11 is 3.35. The van der Waals surface area contributed by atoms with Crippen molar-refractivity contribution in [2.75, 3.05) is 0 Å². The Kier molecular flexibility index (Phi) is 2.88. The zero-order valence-electron chi connectivity index (χ0n) is 7.84. The van der Waals surface area contributed by atoms with Crippen LogP contribution in [0.4, 0.5) is 4.39 Å². The summed E-state index contributed by atoms with van der Waals surface area (Å²) in [5.74, 6) is 0.359. The molecule has 1 aromatic carbocycles. The summed E-state index contributed by atoms with van der Waals surface area (Å²) in [6, 6.07) is 4.79. The Morgan fingerprint density at radius 3 is 2.64 bits per heavy atom. The van der Waals surface area contributed by atoms with E-state index in [1.54, 1.807) is 6.07 Å². The van der Waals surface area contributed by atoms with Gasteiger partial charge in [0.05, 0.1) is 0 Å². The van der Waals surface area contributed by atoms with Gasteiger partial charge in [0.15, 0.2) is 0 Å². The van der Waals surface area contributed by atoms with Crippen LogP contribution in [-0.4, -0.2) is 0 Å². The predicted octanol–water partition coefficient (Wildman–Crippen LogP) is 3.39. The minimum atomic E-state index is -0.221. The highest BCUT2D eigenvalue weighted by molar-refractivity contribution is 9.10. The number of halogens is 2.